The van der Waals surface area contributed by atoms with Crippen LogP contribution in [0.4, 0.5) is 0 Å². The van der Waals surface area contributed by atoms with Crippen molar-refractivity contribution in [3.8, 4) is 0 Å². The van der Waals surface area contributed by atoms with E-state index in [0.29, 0.717) is 12.4 Å². The lowest BCUT2D eigenvalue weighted by Gasteiger charge is -2.11. The predicted molar refractivity (Wildman–Crippen MR) is 71.7 cm³/mol. The van der Waals surface area contributed by atoms with Crippen molar-refractivity contribution in [1.82, 2.24) is 15.5 Å². The van der Waals surface area contributed by atoms with Crippen LogP contribution in [0.15, 0.2) is 21.1 Å². The highest BCUT2D eigenvalue weighted by Crippen LogP contribution is 2.20. The first-order valence-corrected chi connectivity index (χ1v) is 6.49. The first-order chi connectivity index (χ1) is 8.86. The SMILES string of the molecule is Cc1ccc(CNC(C)c2nc(C(C)(C)C)no2)o1. The molecule has 0 aliphatic heterocycles. The number of aryl methyl sites for hydroxylation is 1. The summed E-state index contributed by atoms with van der Waals surface area (Å²) in [6.07, 6.45) is 0. The first kappa shape index (κ1) is 13.8. The molecule has 19 heavy (non-hydrogen) atoms. The molecule has 0 aromatic carbocycles. The molecule has 0 radical (unpaired) electrons. The lowest BCUT2D eigenvalue weighted by Crippen LogP contribution is -2.19. The highest BCUT2D eigenvalue weighted by atomic mass is 16.5. The molecule has 5 nitrogen and oxygen atoms in total. The Bertz CT molecular complexity index is 537. The van der Waals surface area contributed by atoms with Gasteiger partial charge in [-0.3, -0.25) is 5.32 Å². The number of rotatable bonds is 4. The summed E-state index contributed by atoms with van der Waals surface area (Å²) in [5.74, 6) is 3.15. The maximum atomic E-state index is 5.50. The normalized spacial score (nSPS) is 13.7. The van der Waals surface area contributed by atoms with Crippen molar-refractivity contribution in [2.45, 2.75) is 52.6 Å². The molecule has 0 saturated heterocycles. The molecule has 2 aromatic heterocycles. The van der Waals surface area contributed by atoms with Crippen molar-refractivity contribution in [2.24, 2.45) is 0 Å². The zero-order chi connectivity index (χ0) is 14.0. The molecular formula is C14H21N3O2. The van der Waals surface area contributed by atoms with Gasteiger partial charge in [-0.25, -0.2) is 0 Å². The van der Waals surface area contributed by atoms with Gasteiger partial charge in [0.1, 0.15) is 11.5 Å². The Morgan fingerprint density at radius 1 is 1.32 bits per heavy atom. The predicted octanol–water partition coefficient (Wildman–Crippen LogP) is 3.12. The van der Waals surface area contributed by atoms with E-state index in [0.717, 1.165) is 17.3 Å². The Morgan fingerprint density at radius 2 is 2.05 bits per heavy atom. The van der Waals surface area contributed by atoms with Gasteiger partial charge in [0, 0.05) is 5.41 Å². The van der Waals surface area contributed by atoms with Crippen LogP contribution < -0.4 is 5.32 Å². The van der Waals surface area contributed by atoms with E-state index in [9.17, 15) is 0 Å². The van der Waals surface area contributed by atoms with Crippen LogP contribution in [-0.2, 0) is 12.0 Å². The average Bonchev–Trinajstić information content (AvgIpc) is 2.93. The van der Waals surface area contributed by atoms with E-state index < -0.39 is 0 Å². The van der Waals surface area contributed by atoms with E-state index in [4.69, 9.17) is 8.94 Å². The third kappa shape index (κ3) is 3.44. The molecule has 1 unspecified atom stereocenters. The van der Waals surface area contributed by atoms with Crippen molar-refractivity contribution < 1.29 is 8.94 Å². The summed E-state index contributed by atoms with van der Waals surface area (Å²) >= 11 is 0. The molecule has 1 atom stereocenters. The van der Waals surface area contributed by atoms with Crippen molar-refractivity contribution in [1.29, 1.82) is 0 Å². The van der Waals surface area contributed by atoms with Crippen molar-refractivity contribution >= 4 is 0 Å². The fourth-order valence-corrected chi connectivity index (χ4v) is 1.64. The largest absolute Gasteiger partial charge is 0.465 e. The van der Waals surface area contributed by atoms with Crippen LogP contribution in [0.1, 0.15) is 57.0 Å². The number of nitrogens with one attached hydrogen (secondary N) is 1. The van der Waals surface area contributed by atoms with E-state index in [1.54, 1.807) is 0 Å². The molecular weight excluding hydrogens is 242 g/mol. The lowest BCUT2D eigenvalue weighted by atomic mass is 9.96. The number of furan rings is 1. The molecule has 0 bridgehead atoms. The summed E-state index contributed by atoms with van der Waals surface area (Å²) in [5, 5.41) is 7.32. The maximum Gasteiger partial charge on any atom is 0.243 e. The molecule has 2 aromatic rings. The number of nitrogens with zero attached hydrogens (tertiary/aromatic N) is 2. The van der Waals surface area contributed by atoms with E-state index in [1.165, 1.54) is 0 Å². The van der Waals surface area contributed by atoms with Gasteiger partial charge >= 0.3 is 0 Å². The van der Waals surface area contributed by atoms with Gasteiger partial charge in [0.2, 0.25) is 5.89 Å². The summed E-state index contributed by atoms with van der Waals surface area (Å²) in [5.41, 5.74) is -0.0976. The molecule has 2 heterocycles. The maximum absolute atomic E-state index is 5.50. The Labute approximate surface area is 113 Å². The van der Waals surface area contributed by atoms with Crippen LogP contribution in [0, 0.1) is 6.92 Å². The Balaban J connectivity index is 1.96. The third-order valence-electron chi connectivity index (χ3n) is 2.86. The van der Waals surface area contributed by atoms with E-state index in [1.807, 2.05) is 26.0 Å². The second-order valence-electron chi connectivity index (χ2n) is 5.82. The molecule has 0 amide bonds. The molecule has 0 fully saturated rings. The highest BCUT2D eigenvalue weighted by Gasteiger charge is 2.22. The van der Waals surface area contributed by atoms with Gasteiger partial charge in [-0.15, -0.1) is 0 Å². The van der Waals surface area contributed by atoms with Crippen LogP contribution in [0.3, 0.4) is 0 Å². The average molecular weight is 263 g/mol. The smallest absolute Gasteiger partial charge is 0.243 e. The second-order valence-corrected chi connectivity index (χ2v) is 5.82. The fraction of sp³-hybridized carbons (Fsp3) is 0.571. The number of hydrogen-bond acceptors (Lipinski definition) is 5. The Hall–Kier alpha value is -1.62. The fourth-order valence-electron chi connectivity index (χ4n) is 1.64. The summed E-state index contributed by atoms with van der Waals surface area (Å²) < 4.78 is 10.8. The molecule has 0 aliphatic carbocycles. The minimum atomic E-state index is -0.0976. The van der Waals surface area contributed by atoms with Crippen LogP contribution >= 0.6 is 0 Å². The summed E-state index contributed by atoms with van der Waals surface area (Å²) in [6.45, 7) is 10.8. The van der Waals surface area contributed by atoms with Crippen LogP contribution in [0.2, 0.25) is 0 Å². The summed E-state index contributed by atoms with van der Waals surface area (Å²) in [7, 11) is 0. The van der Waals surface area contributed by atoms with Gasteiger partial charge in [0.15, 0.2) is 5.82 Å². The van der Waals surface area contributed by atoms with E-state index >= 15 is 0 Å². The van der Waals surface area contributed by atoms with Gasteiger partial charge in [0.05, 0.1) is 12.6 Å². The quantitative estimate of drug-likeness (QED) is 0.918. The highest BCUT2D eigenvalue weighted by molar-refractivity contribution is 5.06. The Morgan fingerprint density at radius 3 is 2.58 bits per heavy atom. The molecule has 0 spiro atoms. The number of aromatic nitrogens is 2. The summed E-state index contributed by atoms with van der Waals surface area (Å²) in [6, 6.07) is 3.91. The topological polar surface area (TPSA) is 64.1 Å². The van der Waals surface area contributed by atoms with E-state index in [2.05, 4.69) is 36.2 Å². The number of hydrogen-bond donors (Lipinski definition) is 1. The third-order valence-corrected chi connectivity index (χ3v) is 2.86. The van der Waals surface area contributed by atoms with Gasteiger partial charge < -0.3 is 8.94 Å². The van der Waals surface area contributed by atoms with Crippen LogP contribution in [0.25, 0.3) is 0 Å². The van der Waals surface area contributed by atoms with Gasteiger partial charge in [-0.05, 0) is 26.0 Å². The lowest BCUT2D eigenvalue weighted by molar-refractivity contribution is 0.325. The molecule has 0 saturated carbocycles. The zero-order valence-corrected chi connectivity index (χ0v) is 12.2. The van der Waals surface area contributed by atoms with Crippen molar-refractivity contribution in [3.63, 3.8) is 0 Å². The summed E-state index contributed by atoms with van der Waals surface area (Å²) in [4.78, 5) is 4.43. The minimum Gasteiger partial charge on any atom is -0.465 e. The van der Waals surface area contributed by atoms with E-state index in [-0.39, 0.29) is 11.5 Å². The van der Waals surface area contributed by atoms with Crippen molar-refractivity contribution in [3.05, 3.63) is 35.4 Å². The molecule has 0 aliphatic rings. The molecule has 2 rings (SSSR count). The van der Waals surface area contributed by atoms with Crippen LogP contribution in [-0.4, -0.2) is 10.1 Å². The zero-order valence-electron chi connectivity index (χ0n) is 12.2. The minimum absolute atomic E-state index is 0.00555. The molecule has 5 heteroatoms. The standard InChI is InChI=1S/C14H21N3O2/c1-9-6-7-11(18-9)8-15-10(2)12-16-13(17-19-12)14(3,4)5/h6-7,10,15H,8H2,1-5H3. The van der Waals surface area contributed by atoms with Gasteiger partial charge in [-0.2, -0.15) is 4.98 Å². The first-order valence-electron chi connectivity index (χ1n) is 6.49. The second kappa shape index (κ2) is 5.17. The molecule has 104 valence electrons. The molecule has 1 N–H and O–H groups in total. The van der Waals surface area contributed by atoms with Gasteiger partial charge in [0.25, 0.3) is 0 Å². The Kier molecular flexibility index (Phi) is 3.75. The van der Waals surface area contributed by atoms with Crippen molar-refractivity contribution in [2.75, 3.05) is 0 Å². The van der Waals surface area contributed by atoms with Crippen LogP contribution in [0.5, 0.6) is 0 Å². The monoisotopic (exact) mass is 263 g/mol. The van der Waals surface area contributed by atoms with Gasteiger partial charge in [-0.1, -0.05) is 25.9 Å².